The van der Waals surface area contributed by atoms with Gasteiger partial charge in [-0.05, 0) is 0 Å². The van der Waals surface area contributed by atoms with Crippen molar-refractivity contribution in [2.45, 2.75) is 34.6 Å². The number of ether oxygens (including phenoxy) is 1. The first-order chi connectivity index (χ1) is 7.10. The molecule has 0 N–H and O–H groups in total. The second-order valence-electron chi connectivity index (χ2n) is 0.862. The molecule has 0 saturated carbocycles. The topological polar surface area (TPSA) is 94.6 Å². The van der Waals surface area contributed by atoms with E-state index in [0.29, 0.717) is 0 Å². The maximum atomic E-state index is 9.59. The molecule has 0 rings (SSSR count). The van der Waals surface area contributed by atoms with Gasteiger partial charge >= 0.3 is 74.9 Å². The van der Waals surface area contributed by atoms with E-state index in [1.807, 2.05) is 27.7 Å². The van der Waals surface area contributed by atoms with Crippen LogP contribution in [0, 0.1) is 0 Å². The summed E-state index contributed by atoms with van der Waals surface area (Å²) in [5.74, 6) is -0.245. The van der Waals surface area contributed by atoms with Gasteiger partial charge in [0.05, 0.1) is 7.11 Å². The number of carbonyl (C=O) groups is 1. The molecule has 9 heteroatoms. The zero-order chi connectivity index (χ0) is 13.7. The third kappa shape index (κ3) is 884. The molecule has 0 aromatic carbocycles. The Balaban J connectivity index is -0.0000000117. The molecule has 0 amide bonds. The van der Waals surface area contributed by atoms with Crippen molar-refractivity contribution in [1.82, 2.24) is 0 Å². The Morgan fingerprint density at radius 3 is 0.833 bits per heavy atom. The summed E-state index contributed by atoms with van der Waals surface area (Å²) < 4.78 is 4.11. The molecule has 90 valence electrons. The first kappa shape index (κ1) is 52.0. The van der Waals surface area contributed by atoms with Crippen LogP contribution in [0.4, 0.5) is 0 Å². The quantitative estimate of drug-likeness (QED) is 0.310. The average Bonchev–Trinajstić information content (AvgIpc) is 2.26. The molecule has 0 unspecified atom stereocenters. The first-order valence-corrected chi connectivity index (χ1v) is 4.13. The molecular weight excluding hydrogens is 225 g/mol. The van der Waals surface area contributed by atoms with Gasteiger partial charge in [0.2, 0.25) is 0 Å². The van der Waals surface area contributed by atoms with Crippen LogP contribution in [0.2, 0.25) is 0 Å². The van der Waals surface area contributed by atoms with E-state index in [2.05, 4.69) is 4.74 Å². The van der Waals surface area contributed by atoms with E-state index in [0.717, 1.165) is 0 Å². The minimum Gasteiger partial charge on any atom is -0.469 e. The summed E-state index contributed by atoms with van der Waals surface area (Å²) in [7, 11) is 1.35. The monoisotopic (exact) mass is 243 g/mol. The Kier molecular flexibility index (Phi) is 348. The Labute approximate surface area is 144 Å². The van der Waals surface area contributed by atoms with Crippen LogP contribution in [0.5, 0.6) is 0 Å². The molecule has 0 atom stereocenters. The van der Waals surface area contributed by atoms with Gasteiger partial charge in [-0.15, -0.1) is 0 Å². The molecule has 0 aliphatic heterocycles. The minimum absolute atomic E-state index is 0. The SMILES string of the molecule is CC.CC.COC(C)=O.O=C=O.O=C=O.[Li+].[Li+].[Li+]. The Hall–Kier alpha value is 0.0222. The summed E-state index contributed by atoms with van der Waals surface area (Å²) in [6.07, 6.45) is 0.500. The zero-order valence-corrected chi connectivity index (χ0v) is 12.9. The summed E-state index contributed by atoms with van der Waals surface area (Å²) in [5.41, 5.74) is 0. The number of esters is 1. The molecule has 0 aromatic rings. The van der Waals surface area contributed by atoms with E-state index >= 15 is 0 Å². The maximum Gasteiger partial charge on any atom is 1.00 e. The van der Waals surface area contributed by atoms with Crippen molar-refractivity contribution >= 4 is 18.3 Å². The molecule has 0 aromatic heterocycles. The fraction of sp³-hybridized carbons (Fsp3) is 0.667. The number of carbonyl (C=O) groups excluding carboxylic acids is 5. The van der Waals surface area contributed by atoms with Crippen LogP contribution < -0.4 is 56.6 Å². The van der Waals surface area contributed by atoms with Crippen LogP contribution in [-0.2, 0) is 28.7 Å². The maximum absolute atomic E-state index is 9.59. The molecule has 0 radical (unpaired) electrons. The van der Waals surface area contributed by atoms with E-state index < -0.39 is 0 Å². The van der Waals surface area contributed by atoms with Gasteiger partial charge in [0, 0.05) is 6.92 Å². The van der Waals surface area contributed by atoms with Crippen molar-refractivity contribution < 1.29 is 85.3 Å². The smallest absolute Gasteiger partial charge is 0.469 e. The number of hydrogen-bond acceptors (Lipinski definition) is 6. The van der Waals surface area contributed by atoms with Gasteiger partial charge in [-0.1, -0.05) is 27.7 Å². The predicted octanol–water partition coefficient (Wildman–Crippen LogP) is -7.92. The number of rotatable bonds is 0. The van der Waals surface area contributed by atoms with Crippen molar-refractivity contribution in [3.63, 3.8) is 0 Å². The molecule has 0 heterocycles. The molecule has 0 aliphatic carbocycles. The molecule has 0 bridgehead atoms. The minimum atomic E-state index is -0.245. The number of hydrogen-bond donors (Lipinski definition) is 0. The van der Waals surface area contributed by atoms with Crippen molar-refractivity contribution in [2.24, 2.45) is 0 Å². The van der Waals surface area contributed by atoms with E-state index in [1.54, 1.807) is 0 Å². The van der Waals surface area contributed by atoms with Gasteiger partial charge in [-0.2, -0.15) is 19.2 Å². The third-order valence-corrected chi connectivity index (χ3v) is 0.287. The first-order valence-electron chi connectivity index (χ1n) is 4.13. The fourth-order valence-corrected chi connectivity index (χ4v) is 0. The van der Waals surface area contributed by atoms with Crippen LogP contribution in [0.25, 0.3) is 0 Å². The molecule has 0 spiro atoms. The second kappa shape index (κ2) is 120. The Morgan fingerprint density at radius 1 is 0.778 bits per heavy atom. The summed E-state index contributed by atoms with van der Waals surface area (Å²) >= 11 is 0. The molecule has 0 saturated heterocycles. The van der Waals surface area contributed by atoms with Crippen LogP contribution in [0.1, 0.15) is 34.6 Å². The van der Waals surface area contributed by atoms with E-state index in [-0.39, 0.29) is 74.9 Å². The predicted molar refractivity (Wildman–Crippen MR) is 50.4 cm³/mol. The van der Waals surface area contributed by atoms with E-state index in [1.165, 1.54) is 14.0 Å². The van der Waals surface area contributed by atoms with Crippen LogP contribution in [-0.4, -0.2) is 25.4 Å². The summed E-state index contributed by atoms with van der Waals surface area (Å²) in [6.45, 7) is 9.36. The van der Waals surface area contributed by atoms with Gasteiger partial charge in [-0.3, -0.25) is 4.79 Å². The van der Waals surface area contributed by atoms with Crippen LogP contribution in [0.15, 0.2) is 0 Å². The zero-order valence-electron chi connectivity index (χ0n) is 12.9. The number of methoxy groups -OCH3 is 1. The van der Waals surface area contributed by atoms with Crippen LogP contribution >= 0.6 is 0 Å². The van der Waals surface area contributed by atoms with Crippen molar-refractivity contribution in [3.8, 4) is 0 Å². The summed E-state index contributed by atoms with van der Waals surface area (Å²) in [6, 6.07) is 0. The van der Waals surface area contributed by atoms with E-state index in [9.17, 15) is 4.79 Å². The molecule has 0 aliphatic rings. The molecule has 6 nitrogen and oxygen atoms in total. The van der Waals surface area contributed by atoms with Crippen molar-refractivity contribution in [3.05, 3.63) is 0 Å². The van der Waals surface area contributed by atoms with E-state index in [4.69, 9.17) is 19.2 Å². The standard InChI is InChI=1S/C3H6O2.2C2H6.2CO2.3Li/c1-3(4)5-2;2*1-2;2*2-1-3;;;/h1-2H3;2*1-2H3;;;;;/q;;;;;3*+1. The van der Waals surface area contributed by atoms with Crippen molar-refractivity contribution in [1.29, 1.82) is 0 Å². The Morgan fingerprint density at radius 2 is 0.833 bits per heavy atom. The van der Waals surface area contributed by atoms with Crippen LogP contribution in [0.3, 0.4) is 0 Å². The van der Waals surface area contributed by atoms with Gasteiger partial charge in [0.15, 0.2) is 0 Å². The summed E-state index contributed by atoms with van der Waals surface area (Å²) in [4.78, 5) is 42.1. The molecule has 0 fully saturated rings. The largest absolute Gasteiger partial charge is 1.00 e. The van der Waals surface area contributed by atoms with Gasteiger partial charge in [0.1, 0.15) is 0 Å². The normalized spacial score (nSPS) is 3.44. The van der Waals surface area contributed by atoms with Gasteiger partial charge < -0.3 is 4.74 Å². The third-order valence-electron chi connectivity index (χ3n) is 0.287. The van der Waals surface area contributed by atoms with Crippen molar-refractivity contribution in [2.75, 3.05) is 7.11 Å². The second-order valence-corrected chi connectivity index (χ2v) is 0.862. The molecular formula is C9H18Li3O6+3. The molecule has 18 heavy (non-hydrogen) atoms. The van der Waals surface area contributed by atoms with Gasteiger partial charge in [-0.25, -0.2) is 0 Å². The Bertz CT molecular complexity index is 152. The fourth-order valence-electron chi connectivity index (χ4n) is 0. The average molecular weight is 243 g/mol. The summed E-state index contributed by atoms with van der Waals surface area (Å²) in [5, 5.41) is 0. The van der Waals surface area contributed by atoms with Gasteiger partial charge in [0.25, 0.3) is 0 Å².